The largest absolute Gasteiger partial charge is 0.479 e. The average molecular weight is 552 g/mol. The standard InChI is InChI=1S/C19H26F3N3O3.C4H6O6/c1-19(2,3)28-10-16-18(27)24-4-5-25(16)17(26)8-12(23)6-11-7-14(21)15(22)9-13(11)20;5-1(3(7)8)2(6)4(9)10/h7,9,12,16H,4-6,8,10,23H2,1-3H3,(H,24,27);1-2,5-6H,(H,7,8)(H,9,10)/t12-,16-;/m1./s1. The first-order valence-corrected chi connectivity index (χ1v) is 11.4. The lowest BCUT2D eigenvalue weighted by atomic mass is 10.0. The van der Waals surface area contributed by atoms with E-state index in [-0.39, 0.29) is 36.8 Å². The molecule has 1 aromatic carbocycles. The molecule has 1 aliphatic heterocycles. The van der Waals surface area contributed by atoms with Crippen molar-refractivity contribution in [2.24, 2.45) is 5.73 Å². The number of amides is 2. The van der Waals surface area contributed by atoms with Crippen LogP contribution in [0.25, 0.3) is 0 Å². The minimum atomic E-state index is -2.27. The summed E-state index contributed by atoms with van der Waals surface area (Å²) in [6.45, 7) is 6.16. The monoisotopic (exact) mass is 551 g/mol. The van der Waals surface area contributed by atoms with Gasteiger partial charge >= 0.3 is 11.9 Å². The summed E-state index contributed by atoms with van der Waals surface area (Å²) in [5.41, 5.74) is 5.34. The quantitative estimate of drug-likeness (QED) is 0.215. The van der Waals surface area contributed by atoms with Gasteiger partial charge in [-0.1, -0.05) is 0 Å². The number of nitrogens with one attached hydrogen (secondary N) is 1. The summed E-state index contributed by atoms with van der Waals surface area (Å²) in [6, 6.07) is -0.411. The number of carboxylic acids is 2. The van der Waals surface area contributed by atoms with Crippen molar-refractivity contribution in [2.45, 2.75) is 63.5 Å². The Balaban J connectivity index is 0.000000612. The minimum Gasteiger partial charge on any atom is -0.479 e. The molecule has 7 N–H and O–H groups in total. The number of rotatable bonds is 9. The van der Waals surface area contributed by atoms with Crippen LogP contribution in [-0.4, -0.2) is 98.7 Å². The SMILES string of the molecule is CC(C)(C)OC[C@@H]1C(=O)NCCN1C(=O)C[C@H](N)Cc1cc(F)c(F)cc1F.O=C(O)C(O)C(O)C(=O)O. The van der Waals surface area contributed by atoms with E-state index in [9.17, 15) is 32.3 Å². The molecule has 15 heteroatoms. The lowest BCUT2D eigenvalue weighted by Gasteiger charge is -2.36. The molecule has 1 aromatic rings. The summed E-state index contributed by atoms with van der Waals surface area (Å²) in [4.78, 5) is 45.8. The molecule has 1 heterocycles. The van der Waals surface area contributed by atoms with Gasteiger partial charge in [0, 0.05) is 31.6 Å². The summed E-state index contributed by atoms with van der Waals surface area (Å²) in [5, 5.41) is 35.2. The topological polar surface area (TPSA) is 200 Å². The maximum atomic E-state index is 13.8. The molecule has 0 aromatic heterocycles. The van der Waals surface area contributed by atoms with E-state index in [1.54, 1.807) is 0 Å². The van der Waals surface area contributed by atoms with Gasteiger partial charge in [-0.2, -0.15) is 0 Å². The number of ether oxygens (including phenoxy) is 1. The second kappa shape index (κ2) is 14.0. The Bertz CT molecular complexity index is 1000. The summed E-state index contributed by atoms with van der Waals surface area (Å²) in [6.07, 6.45) is -4.84. The summed E-state index contributed by atoms with van der Waals surface area (Å²) >= 11 is 0. The zero-order valence-electron chi connectivity index (χ0n) is 21.0. The van der Waals surface area contributed by atoms with Crippen molar-refractivity contribution in [3.8, 4) is 0 Å². The van der Waals surface area contributed by atoms with E-state index in [1.165, 1.54) is 4.90 Å². The summed E-state index contributed by atoms with van der Waals surface area (Å²) in [5.74, 6) is -7.62. The molecule has 1 aliphatic rings. The fraction of sp³-hybridized carbons (Fsp3) is 0.565. The first kappa shape index (κ1) is 32.8. The Morgan fingerprint density at radius 1 is 1.08 bits per heavy atom. The maximum Gasteiger partial charge on any atom is 0.335 e. The lowest BCUT2D eigenvalue weighted by molar-refractivity contribution is -0.165. The van der Waals surface area contributed by atoms with Gasteiger partial charge in [-0.3, -0.25) is 9.59 Å². The van der Waals surface area contributed by atoms with Crippen LogP contribution < -0.4 is 11.1 Å². The Labute approximate surface area is 216 Å². The molecule has 0 radical (unpaired) electrons. The van der Waals surface area contributed by atoms with Gasteiger partial charge in [0.15, 0.2) is 23.8 Å². The van der Waals surface area contributed by atoms with E-state index in [4.69, 9.17) is 30.9 Å². The highest BCUT2D eigenvalue weighted by Gasteiger charge is 2.35. The van der Waals surface area contributed by atoms with Gasteiger partial charge in [-0.15, -0.1) is 0 Å². The molecule has 214 valence electrons. The third-order valence-corrected chi connectivity index (χ3v) is 5.14. The van der Waals surface area contributed by atoms with Crippen molar-refractivity contribution in [2.75, 3.05) is 19.7 Å². The van der Waals surface area contributed by atoms with E-state index < -0.39 is 59.3 Å². The van der Waals surface area contributed by atoms with E-state index >= 15 is 0 Å². The second-order valence-electron chi connectivity index (χ2n) is 9.41. The molecule has 0 bridgehead atoms. The molecule has 2 amide bonds. The van der Waals surface area contributed by atoms with Crippen LogP contribution in [-0.2, 0) is 30.3 Å². The predicted octanol–water partition coefficient (Wildman–Crippen LogP) is -0.617. The lowest BCUT2D eigenvalue weighted by Crippen LogP contribution is -2.60. The van der Waals surface area contributed by atoms with Crippen LogP contribution in [0.15, 0.2) is 12.1 Å². The maximum absolute atomic E-state index is 13.8. The van der Waals surface area contributed by atoms with Crippen molar-refractivity contribution in [1.29, 1.82) is 0 Å². The van der Waals surface area contributed by atoms with Crippen LogP contribution in [0.5, 0.6) is 0 Å². The van der Waals surface area contributed by atoms with E-state index in [0.717, 1.165) is 6.07 Å². The number of hydrogen-bond donors (Lipinski definition) is 6. The number of carboxylic acid groups (broad SMARTS) is 2. The van der Waals surface area contributed by atoms with Crippen LogP contribution in [0.2, 0.25) is 0 Å². The predicted molar refractivity (Wildman–Crippen MR) is 124 cm³/mol. The normalized spacial score (nSPS) is 18.0. The number of aliphatic carboxylic acids is 2. The van der Waals surface area contributed by atoms with Crippen molar-refractivity contribution in [3.05, 3.63) is 35.1 Å². The molecular weight excluding hydrogens is 519 g/mol. The number of carbonyl (C=O) groups excluding carboxylic acids is 2. The third-order valence-electron chi connectivity index (χ3n) is 5.14. The zero-order chi connectivity index (χ0) is 29.4. The summed E-state index contributed by atoms with van der Waals surface area (Å²) in [7, 11) is 0. The third kappa shape index (κ3) is 10.2. The number of aliphatic hydroxyl groups is 2. The van der Waals surface area contributed by atoms with Crippen LogP contribution >= 0.6 is 0 Å². The van der Waals surface area contributed by atoms with Gasteiger partial charge < -0.3 is 41.1 Å². The molecule has 2 unspecified atom stereocenters. The van der Waals surface area contributed by atoms with Crippen LogP contribution in [0.1, 0.15) is 32.8 Å². The highest BCUT2D eigenvalue weighted by Crippen LogP contribution is 2.17. The second-order valence-corrected chi connectivity index (χ2v) is 9.41. The molecule has 0 spiro atoms. The van der Waals surface area contributed by atoms with Crippen molar-refractivity contribution >= 4 is 23.8 Å². The number of nitrogens with zero attached hydrogens (tertiary/aromatic N) is 1. The Morgan fingerprint density at radius 3 is 2.11 bits per heavy atom. The first-order chi connectivity index (χ1) is 17.4. The Kier molecular flexibility index (Phi) is 12.1. The van der Waals surface area contributed by atoms with Crippen LogP contribution in [0.3, 0.4) is 0 Å². The van der Waals surface area contributed by atoms with E-state index in [0.29, 0.717) is 19.2 Å². The van der Waals surface area contributed by atoms with Crippen LogP contribution in [0.4, 0.5) is 13.2 Å². The number of piperazine rings is 1. The van der Waals surface area contributed by atoms with Gasteiger partial charge in [-0.05, 0) is 38.8 Å². The fourth-order valence-electron chi connectivity index (χ4n) is 3.19. The van der Waals surface area contributed by atoms with Gasteiger partial charge in [-0.25, -0.2) is 22.8 Å². The summed E-state index contributed by atoms with van der Waals surface area (Å²) < 4.78 is 45.8. The minimum absolute atomic E-state index is 0.0358. The first-order valence-electron chi connectivity index (χ1n) is 11.4. The number of nitrogens with two attached hydrogens (primary N) is 1. The Morgan fingerprint density at radius 2 is 1.61 bits per heavy atom. The highest BCUT2D eigenvalue weighted by atomic mass is 19.2. The number of aliphatic hydroxyl groups excluding tert-OH is 2. The molecule has 38 heavy (non-hydrogen) atoms. The van der Waals surface area contributed by atoms with E-state index in [2.05, 4.69) is 5.32 Å². The number of halogens is 3. The average Bonchev–Trinajstić information content (AvgIpc) is 2.80. The van der Waals surface area contributed by atoms with E-state index in [1.807, 2.05) is 20.8 Å². The molecule has 0 saturated carbocycles. The van der Waals surface area contributed by atoms with Gasteiger partial charge in [0.05, 0.1) is 12.2 Å². The molecule has 2 rings (SSSR count). The highest BCUT2D eigenvalue weighted by molar-refractivity contribution is 5.89. The smallest absolute Gasteiger partial charge is 0.335 e. The van der Waals surface area contributed by atoms with Crippen LogP contribution in [0, 0.1) is 17.5 Å². The number of carbonyl (C=O) groups is 4. The van der Waals surface area contributed by atoms with Gasteiger partial charge in [0.2, 0.25) is 11.8 Å². The van der Waals surface area contributed by atoms with Crippen molar-refractivity contribution in [1.82, 2.24) is 10.2 Å². The number of hydrogen-bond acceptors (Lipinski definition) is 8. The molecule has 4 atom stereocenters. The molecule has 1 saturated heterocycles. The van der Waals surface area contributed by atoms with Gasteiger partial charge in [0.1, 0.15) is 11.9 Å². The molecule has 0 aliphatic carbocycles. The zero-order valence-corrected chi connectivity index (χ0v) is 21.0. The fourth-order valence-corrected chi connectivity index (χ4v) is 3.19. The van der Waals surface area contributed by atoms with Gasteiger partial charge in [0.25, 0.3) is 0 Å². The molecule has 12 nitrogen and oxygen atoms in total. The molecular formula is C23H32F3N3O9. The van der Waals surface area contributed by atoms with Crippen molar-refractivity contribution in [3.63, 3.8) is 0 Å². The molecule has 1 fully saturated rings. The number of benzene rings is 1. The Hall–Kier alpha value is -3.27. The van der Waals surface area contributed by atoms with Crippen molar-refractivity contribution < 1.29 is 57.5 Å².